The topological polar surface area (TPSA) is 27.7 Å². The lowest BCUT2D eigenvalue weighted by Gasteiger charge is -2.31. The van der Waals surface area contributed by atoms with Gasteiger partial charge >= 0.3 is 8.56 Å². The zero-order chi connectivity index (χ0) is 11.0. The maximum atomic E-state index is 5.79. The van der Waals surface area contributed by atoms with Gasteiger partial charge in [-0.3, -0.25) is 0 Å². The first-order valence-electron chi connectivity index (χ1n) is 5.36. The van der Waals surface area contributed by atoms with Gasteiger partial charge in [0.2, 0.25) is 0 Å². The summed E-state index contributed by atoms with van der Waals surface area (Å²) in [4.78, 5) is 0. The average molecular weight is 220 g/mol. The molecule has 0 aliphatic heterocycles. The predicted molar refractivity (Wildman–Crippen MR) is 60.6 cm³/mol. The summed E-state index contributed by atoms with van der Waals surface area (Å²) in [6.45, 7) is 7.13. The smallest absolute Gasteiger partial charge is 0.364 e. The van der Waals surface area contributed by atoms with Gasteiger partial charge in [-0.15, -0.1) is 0 Å². The molecule has 0 aromatic heterocycles. The van der Waals surface area contributed by atoms with Gasteiger partial charge in [-0.1, -0.05) is 20.3 Å². The third-order valence-electron chi connectivity index (χ3n) is 2.58. The van der Waals surface area contributed by atoms with Gasteiger partial charge in [-0.05, 0) is 19.4 Å². The average Bonchev–Trinajstić information content (AvgIpc) is 2.23. The number of hydrogen-bond acceptors (Lipinski definition) is 3. The second kappa shape index (κ2) is 7.40. The van der Waals surface area contributed by atoms with Gasteiger partial charge in [0.15, 0.2) is 0 Å². The molecule has 14 heavy (non-hydrogen) atoms. The molecule has 1 unspecified atom stereocenters. The van der Waals surface area contributed by atoms with Crippen LogP contribution in [0.15, 0.2) is 0 Å². The Labute approximate surface area is 89.0 Å². The Balaban J connectivity index is 4.08. The second-order valence-corrected chi connectivity index (χ2v) is 7.04. The summed E-state index contributed by atoms with van der Waals surface area (Å²) >= 11 is 0. The van der Waals surface area contributed by atoms with E-state index in [0.29, 0.717) is 0 Å². The fourth-order valence-electron chi connectivity index (χ4n) is 1.36. The van der Waals surface area contributed by atoms with Crippen LogP contribution in [-0.4, -0.2) is 35.1 Å². The number of rotatable bonds is 8. The Morgan fingerprint density at radius 2 is 1.71 bits per heavy atom. The van der Waals surface area contributed by atoms with Crippen LogP contribution in [0.1, 0.15) is 33.1 Å². The van der Waals surface area contributed by atoms with E-state index < -0.39 is 8.56 Å². The lowest BCUT2D eigenvalue weighted by atomic mass is 10.4. The lowest BCUT2D eigenvalue weighted by Crippen LogP contribution is -2.50. The van der Waals surface area contributed by atoms with Crippen molar-refractivity contribution < 1.29 is 13.6 Å². The number of hydrogen-bond donors (Lipinski definition) is 0. The maximum Gasteiger partial charge on any atom is 0.364 e. The summed E-state index contributed by atoms with van der Waals surface area (Å²) in [6, 6.07) is 0. The van der Waals surface area contributed by atoms with Crippen molar-refractivity contribution in [2.45, 2.75) is 45.4 Å². The van der Waals surface area contributed by atoms with Gasteiger partial charge in [-0.25, -0.2) is 0 Å². The van der Waals surface area contributed by atoms with E-state index in [1.54, 1.807) is 14.2 Å². The van der Waals surface area contributed by atoms with Crippen molar-refractivity contribution in [3.63, 3.8) is 0 Å². The first-order valence-corrected chi connectivity index (χ1v) is 7.75. The van der Waals surface area contributed by atoms with Crippen molar-refractivity contribution in [3.8, 4) is 0 Å². The molecule has 0 N–H and O–H groups in total. The molecule has 0 heterocycles. The molecule has 0 radical (unpaired) electrons. The van der Waals surface area contributed by atoms with Crippen molar-refractivity contribution in [2.24, 2.45) is 0 Å². The Hall–Kier alpha value is 0.0969. The molecule has 1 atom stereocenters. The Morgan fingerprint density at radius 1 is 1.14 bits per heavy atom. The molecule has 0 rings (SSSR count). The number of unbranched alkanes of at least 4 members (excludes halogenated alkanes) is 1. The first kappa shape index (κ1) is 14.1. The van der Waals surface area contributed by atoms with Crippen molar-refractivity contribution in [1.82, 2.24) is 0 Å². The van der Waals surface area contributed by atoms with E-state index in [2.05, 4.69) is 13.8 Å². The van der Waals surface area contributed by atoms with E-state index in [0.717, 1.165) is 25.9 Å². The standard InChI is InChI=1S/C10H24O3Si/c1-6-8-9-13-10(7-2)14(5,11-3)12-4/h10H,6-9H2,1-5H3. The summed E-state index contributed by atoms with van der Waals surface area (Å²) in [7, 11) is 1.32. The Morgan fingerprint density at radius 3 is 2.07 bits per heavy atom. The highest BCUT2D eigenvalue weighted by atomic mass is 28.4. The van der Waals surface area contributed by atoms with Crippen LogP contribution in [0, 0.1) is 0 Å². The molecule has 0 aromatic rings. The third kappa shape index (κ3) is 4.08. The highest BCUT2D eigenvalue weighted by molar-refractivity contribution is 6.67. The minimum atomic E-state index is -2.10. The van der Waals surface area contributed by atoms with E-state index in [-0.39, 0.29) is 5.73 Å². The van der Waals surface area contributed by atoms with Crippen LogP contribution in [0.3, 0.4) is 0 Å². The molecule has 4 heteroatoms. The van der Waals surface area contributed by atoms with E-state index in [1.165, 1.54) is 0 Å². The van der Waals surface area contributed by atoms with Crippen LogP contribution in [0.4, 0.5) is 0 Å². The molecule has 0 spiro atoms. The summed E-state index contributed by atoms with van der Waals surface area (Å²) in [5.41, 5.74) is 0.143. The van der Waals surface area contributed by atoms with Crippen molar-refractivity contribution in [2.75, 3.05) is 20.8 Å². The largest absolute Gasteiger partial charge is 0.396 e. The lowest BCUT2D eigenvalue weighted by molar-refractivity contribution is 0.0561. The molecular formula is C10H24O3Si. The van der Waals surface area contributed by atoms with Gasteiger partial charge in [0.05, 0.1) is 0 Å². The van der Waals surface area contributed by atoms with Crippen LogP contribution in [0.2, 0.25) is 6.55 Å². The Kier molecular flexibility index (Phi) is 7.45. The van der Waals surface area contributed by atoms with Crippen LogP contribution >= 0.6 is 0 Å². The zero-order valence-corrected chi connectivity index (χ0v) is 11.1. The van der Waals surface area contributed by atoms with Gasteiger partial charge in [0.1, 0.15) is 5.73 Å². The zero-order valence-electron chi connectivity index (χ0n) is 10.1. The SMILES string of the molecule is CCCCOC(CC)[Si](C)(OC)OC. The van der Waals surface area contributed by atoms with Gasteiger partial charge in [-0.2, -0.15) is 0 Å². The van der Waals surface area contributed by atoms with Gasteiger partial charge < -0.3 is 13.6 Å². The van der Waals surface area contributed by atoms with Gasteiger partial charge in [0.25, 0.3) is 0 Å². The highest BCUT2D eigenvalue weighted by Gasteiger charge is 2.39. The molecule has 0 aliphatic rings. The van der Waals surface area contributed by atoms with Crippen molar-refractivity contribution >= 4 is 8.56 Å². The molecular weight excluding hydrogens is 196 g/mol. The summed E-state index contributed by atoms with van der Waals surface area (Å²) in [6.07, 6.45) is 3.22. The van der Waals surface area contributed by atoms with Gasteiger partial charge in [0, 0.05) is 20.8 Å². The number of ether oxygens (including phenoxy) is 1. The van der Waals surface area contributed by atoms with Crippen molar-refractivity contribution in [1.29, 1.82) is 0 Å². The molecule has 3 nitrogen and oxygen atoms in total. The molecule has 0 bridgehead atoms. The second-order valence-electron chi connectivity index (χ2n) is 3.55. The predicted octanol–water partition coefficient (Wildman–Crippen LogP) is 2.49. The molecule has 0 aliphatic carbocycles. The van der Waals surface area contributed by atoms with E-state index in [1.807, 2.05) is 6.55 Å². The minimum Gasteiger partial charge on any atom is -0.396 e. The summed E-state index contributed by atoms with van der Waals surface area (Å²) in [5, 5.41) is 0. The fourth-order valence-corrected chi connectivity index (χ4v) is 3.21. The normalized spacial score (nSPS) is 14.4. The van der Waals surface area contributed by atoms with Crippen LogP contribution in [0.5, 0.6) is 0 Å². The fraction of sp³-hybridized carbons (Fsp3) is 1.00. The van der Waals surface area contributed by atoms with E-state index >= 15 is 0 Å². The van der Waals surface area contributed by atoms with Crippen LogP contribution in [0.25, 0.3) is 0 Å². The molecule has 0 fully saturated rings. The monoisotopic (exact) mass is 220 g/mol. The van der Waals surface area contributed by atoms with E-state index in [9.17, 15) is 0 Å². The Bertz CT molecular complexity index is 137. The quantitative estimate of drug-likeness (QED) is 0.464. The molecule has 0 saturated heterocycles. The molecule has 0 aromatic carbocycles. The molecule has 0 saturated carbocycles. The maximum absolute atomic E-state index is 5.79. The molecule has 86 valence electrons. The summed E-state index contributed by atoms with van der Waals surface area (Å²) in [5.74, 6) is 0. The third-order valence-corrected chi connectivity index (χ3v) is 5.95. The highest BCUT2D eigenvalue weighted by Crippen LogP contribution is 2.17. The van der Waals surface area contributed by atoms with Crippen LogP contribution < -0.4 is 0 Å². The van der Waals surface area contributed by atoms with Crippen LogP contribution in [-0.2, 0) is 13.6 Å². The van der Waals surface area contributed by atoms with Crippen molar-refractivity contribution in [3.05, 3.63) is 0 Å². The summed E-state index contributed by atoms with van der Waals surface area (Å²) < 4.78 is 16.7. The molecule has 0 amide bonds. The van der Waals surface area contributed by atoms with E-state index in [4.69, 9.17) is 13.6 Å². The minimum absolute atomic E-state index is 0.143. The first-order chi connectivity index (χ1) is 6.64.